The average molecular weight is 726 g/mol. The number of amides is 1. The SMILES string of the molecule is CCCCCCCCCCCCc1csc(C#N)c1.CCCCCCCCCCCCc1csc(C(N)=O)c1.O=P(Cl)(Cl)Cl. The second-order valence-electron chi connectivity index (χ2n) is 11.4. The largest absolute Gasteiger partial charge is 0.365 e. The van der Waals surface area contributed by atoms with Crippen molar-refractivity contribution < 1.29 is 9.36 Å². The molecule has 2 aromatic rings. The van der Waals surface area contributed by atoms with Crippen LogP contribution in [-0.2, 0) is 17.4 Å². The van der Waals surface area contributed by atoms with Gasteiger partial charge in [0.2, 0.25) is 0 Å². The summed E-state index contributed by atoms with van der Waals surface area (Å²) in [5.41, 5.74) is 7.87. The van der Waals surface area contributed by atoms with Gasteiger partial charge < -0.3 is 5.73 Å². The van der Waals surface area contributed by atoms with Crippen molar-refractivity contribution >= 4 is 67.5 Å². The Kier molecular flexibility index (Phi) is 29.5. The van der Waals surface area contributed by atoms with Gasteiger partial charge in [0.25, 0.3) is 5.91 Å². The van der Waals surface area contributed by atoms with Crippen molar-refractivity contribution in [1.82, 2.24) is 0 Å². The van der Waals surface area contributed by atoms with Crippen LogP contribution in [0, 0.1) is 11.3 Å². The molecule has 1 amide bonds. The summed E-state index contributed by atoms with van der Waals surface area (Å²) in [6.07, 6.45) is 29.7. The third-order valence-electron chi connectivity index (χ3n) is 7.30. The van der Waals surface area contributed by atoms with E-state index >= 15 is 0 Å². The number of hydrogen-bond donors (Lipinski definition) is 1. The molecular weight excluding hydrogens is 670 g/mol. The Bertz CT molecular complexity index is 1040. The molecule has 0 radical (unpaired) electrons. The van der Waals surface area contributed by atoms with Crippen molar-refractivity contribution in [3.05, 3.63) is 43.8 Å². The molecule has 0 saturated heterocycles. The van der Waals surface area contributed by atoms with Crippen molar-refractivity contribution in [3.63, 3.8) is 0 Å². The van der Waals surface area contributed by atoms with Crippen LogP contribution < -0.4 is 5.73 Å². The van der Waals surface area contributed by atoms with Crippen LogP contribution in [0.5, 0.6) is 0 Å². The van der Waals surface area contributed by atoms with E-state index in [-0.39, 0.29) is 5.91 Å². The van der Waals surface area contributed by atoms with E-state index < -0.39 is 5.20 Å². The Morgan fingerprint density at radius 2 is 1.02 bits per heavy atom. The Balaban J connectivity index is 0.000000729. The Morgan fingerprint density at radius 3 is 1.34 bits per heavy atom. The number of halogens is 3. The van der Waals surface area contributed by atoms with Gasteiger partial charge in [0.15, 0.2) is 0 Å². The van der Waals surface area contributed by atoms with E-state index in [0.29, 0.717) is 4.88 Å². The molecule has 4 nitrogen and oxygen atoms in total. The molecule has 44 heavy (non-hydrogen) atoms. The van der Waals surface area contributed by atoms with E-state index in [2.05, 4.69) is 64.4 Å². The number of rotatable bonds is 23. The second-order valence-corrected chi connectivity index (χ2v) is 19.8. The van der Waals surface area contributed by atoms with E-state index in [4.69, 9.17) is 11.0 Å². The molecule has 0 unspecified atom stereocenters. The monoisotopic (exact) mass is 724 g/mol. The lowest BCUT2D eigenvalue weighted by Crippen LogP contribution is -2.08. The van der Waals surface area contributed by atoms with Gasteiger partial charge in [0.05, 0.1) is 4.88 Å². The summed E-state index contributed by atoms with van der Waals surface area (Å²) in [6, 6.07) is 6.19. The molecule has 2 aromatic heterocycles. The Morgan fingerprint density at radius 1 is 0.682 bits per heavy atom. The number of primary amides is 1. The van der Waals surface area contributed by atoms with Gasteiger partial charge in [-0.05, 0) is 93.4 Å². The van der Waals surface area contributed by atoms with E-state index in [1.807, 2.05) is 12.1 Å². The van der Waals surface area contributed by atoms with Gasteiger partial charge in [-0.3, -0.25) is 9.36 Å². The number of unbranched alkanes of at least 4 members (excludes halogenated alkanes) is 18. The zero-order valence-electron chi connectivity index (χ0n) is 27.1. The molecule has 0 aliphatic carbocycles. The van der Waals surface area contributed by atoms with Crippen LogP contribution in [0.15, 0.2) is 22.9 Å². The minimum Gasteiger partial charge on any atom is -0.365 e. The normalized spacial score (nSPS) is 10.8. The van der Waals surface area contributed by atoms with Crippen molar-refractivity contribution in [1.29, 1.82) is 5.26 Å². The van der Waals surface area contributed by atoms with Gasteiger partial charge >= 0.3 is 5.20 Å². The fraction of sp³-hybridized carbons (Fsp3) is 0.706. The van der Waals surface area contributed by atoms with Crippen molar-refractivity contribution in [3.8, 4) is 6.07 Å². The van der Waals surface area contributed by atoms with Crippen LogP contribution >= 0.6 is 61.6 Å². The van der Waals surface area contributed by atoms with E-state index in [9.17, 15) is 9.36 Å². The number of thiophene rings is 2. The molecule has 2 N–H and O–H groups in total. The third-order valence-corrected chi connectivity index (χ3v) is 9.18. The Hall–Kier alpha value is -0.540. The summed E-state index contributed by atoms with van der Waals surface area (Å²) in [5.74, 6) is -0.302. The first-order valence-electron chi connectivity index (χ1n) is 16.6. The molecule has 0 aliphatic heterocycles. The molecule has 0 bridgehead atoms. The topological polar surface area (TPSA) is 83.9 Å². The summed E-state index contributed by atoms with van der Waals surface area (Å²) >= 11 is 16.9. The predicted octanol–water partition coefficient (Wildman–Crippen LogP) is 14.2. The number of nitrogens with two attached hydrogens (primary N) is 1. The van der Waals surface area contributed by atoms with Gasteiger partial charge in [-0.15, -0.1) is 22.7 Å². The number of carbonyl (C=O) groups is 1. The maximum absolute atomic E-state index is 11.0. The highest BCUT2D eigenvalue weighted by molar-refractivity contribution is 8.24. The smallest absolute Gasteiger partial charge is 0.339 e. The molecule has 10 heteroatoms. The molecule has 252 valence electrons. The highest BCUT2D eigenvalue weighted by Gasteiger charge is 2.05. The molecular formula is C34H56Cl3N2O2PS2. The van der Waals surface area contributed by atoms with Crippen molar-refractivity contribution in [2.45, 2.75) is 155 Å². The maximum atomic E-state index is 11.0. The highest BCUT2D eigenvalue weighted by atomic mass is 36.0. The molecule has 0 atom stereocenters. The molecule has 0 aromatic carbocycles. The number of hydrogen-bond acceptors (Lipinski definition) is 5. The third kappa shape index (κ3) is 30.1. The fourth-order valence-electron chi connectivity index (χ4n) is 4.83. The van der Waals surface area contributed by atoms with Crippen molar-refractivity contribution in [2.24, 2.45) is 5.73 Å². The molecule has 0 saturated carbocycles. The second kappa shape index (κ2) is 29.8. The lowest BCUT2D eigenvalue weighted by Gasteiger charge is -2.02. The van der Waals surface area contributed by atoms with Crippen LogP contribution in [0.3, 0.4) is 0 Å². The lowest BCUT2D eigenvalue weighted by atomic mass is 10.0. The van der Waals surface area contributed by atoms with Gasteiger partial charge in [-0.25, -0.2) is 0 Å². The molecule has 0 fully saturated rings. The highest BCUT2D eigenvalue weighted by Crippen LogP contribution is 2.61. The van der Waals surface area contributed by atoms with E-state index in [0.717, 1.165) is 17.7 Å². The van der Waals surface area contributed by atoms with Gasteiger partial charge in [-0.2, -0.15) is 5.26 Å². The Labute approximate surface area is 291 Å². The van der Waals surface area contributed by atoms with E-state index in [1.54, 1.807) is 11.3 Å². The standard InChI is InChI=1S/C17H29NOS.C17H27NS.Cl3OP/c1-2-3-4-5-6-7-8-9-10-11-12-15-13-16(17(18)19)20-14-15;1-2-3-4-5-6-7-8-9-10-11-12-16-13-17(14-18)19-15-16;1-5(2,3)4/h13-14H,2-12H2,1H3,(H2,18,19);13,15H,2-12H2,1H3;. The molecule has 2 heterocycles. The zero-order chi connectivity index (χ0) is 32.9. The molecule has 0 aliphatic rings. The van der Waals surface area contributed by atoms with Gasteiger partial charge in [0, 0.05) is 0 Å². The maximum Gasteiger partial charge on any atom is 0.339 e. The summed E-state index contributed by atoms with van der Waals surface area (Å²) in [4.78, 5) is 12.5. The first-order chi connectivity index (χ1) is 21.1. The number of carbonyl (C=O) groups excluding carboxylic acids is 1. The van der Waals surface area contributed by atoms with Crippen LogP contribution in [-0.4, -0.2) is 5.91 Å². The van der Waals surface area contributed by atoms with Crippen LogP contribution in [0.1, 0.15) is 168 Å². The quantitative estimate of drug-likeness (QED) is 0.0914. The average Bonchev–Trinajstić information content (AvgIpc) is 3.64. The molecule has 0 spiro atoms. The van der Waals surface area contributed by atoms with Crippen LogP contribution in [0.2, 0.25) is 0 Å². The summed E-state index contributed by atoms with van der Waals surface area (Å²) in [5, 5.41) is 9.73. The summed E-state index contributed by atoms with van der Waals surface area (Å²) in [6.45, 7) is 4.53. The lowest BCUT2D eigenvalue weighted by molar-refractivity contribution is 0.100. The van der Waals surface area contributed by atoms with Crippen molar-refractivity contribution in [2.75, 3.05) is 0 Å². The van der Waals surface area contributed by atoms with Crippen LogP contribution in [0.4, 0.5) is 0 Å². The predicted molar refractivity (Wildman–Crippen MR) is 198 cm³/mol. The summed E-state index contributed by atoms with van der Waals surface area (Å²) < 4.78 is 9.51. The minimum absolute atomic E-state index is 0.302. The summed E-state index contributed by atoms with van der Waals surface area (Å²) in [7, 11) is 0. The van der Waals surface area contributed by atoms with Gasteiger partial charge in [-0.1, -0.05) is 129 Å². The fourth-order valence-corrected chi connectivity index (χ4v) is 6.37. The first kappa shape index (κ1) is 43.5. The first-order valence-corrected chi connectivity index (χ1v) is 22.8. The van der Waals surface area contributed by atoms with Gasteiger partial charge in [0.1, 0.15) is 10.9 Å². The van der Waals surface area contributed by atoms with E-state index in [1.165, 1.54) is 151 Å². The minimum atomic E-state index is -3.22. The number of nitrogens with zero attached hydrogens (tertiary/aromatic N) is 1. The zero-order valence-corrected chi connectivity index (χ0v) is 31.9. The molecule has 2 rings (SSSR count). The van der Waals surface area contributed by atoms with Crippen LogP contribution in [0.25, 0.3) is 0 Å². The number of aryl methyl sites for hydroxylation is 2. The number of nitriles is 1.